The van der Waals surface area contributed by atoms with Crippen LogP contribution >= 0.6 is 0 Å². The maximum atomic E-state index is 11.9. The average Bonchev–Trinajstić information content (AvgIpc) is 2.93. The van der Waals surface area contributed by atoms with Crippen molar-refractivity contribution in [3.63, 3.8) is 0 Å². The fourth-order valence-corrected chi connectivity index (χ4v) is 2.95. The summed E-state index contributed by atoms with van der Waals surface area (Å²) in [6, 6.07) is 6.87. The molecule has 0 heterocycles. The van der Waals surface area contributed by atoms with Crippen molar-refractivity contribution in [1.29, 1.82) is 0 Å². The molecule has 1 aliphatic rings. The molecule has 0 spiro atoms. The highest BCUT2D eigenvalue weighted by Gasteiger charge is 2.37. The van der Waals surface area contributed by atoms with Crippen molar-refractivity contribution < 1.29 is 8.42 Å². The van der Waals surface area contributed by atoms with Gasteiger partial charge in [-0.2, -0.15) is 0 Å². The second-order valence-electron chi connectivity index (χ2n) is 4.85. The predicted molar refractivity (Wildman–Crippen MR) is 67.2 cm³/mol. The van der Waals surface area contributed by atoms with Gasteiger partial charge in [0.2, 0.25) is 10.0 Å². The molecular formula is C12H18N2O2S. The highest BCUT2D eigenvalue weighted by Crippen LogP contribution is 2.22. The molecule has 0 radical (unpaired) electrons. The molecule has 0 aromatic heterocycles. The van der Waals surface area contributed by atoms with E-state index in [1.165, 1.54) is 0 Å². The maximum Gasteiger partial charge on any atom is 0.240 e. The Morgan fingerprint density at radius 1 is 1.29 bits per heavy atom. The molecule has 1 aromatic carbocycles. The number of rotatable bonds is 4. The van der Waals surface area contributed by atoms with Gasteiger partial charge in [0, 0.05) is 12.1 Å². The average molecular weight is 254 g/mol. The number of hydrogen-bond acceptors (Lipinski definition) is 3. The van der Waals surface area contributed by atoms with Crippen molar-refractivity contribution in [3.8, 4) is 0 Å². The van der Waals surface area contributed by atoms with Gasteiger partial charge in [-0.25, -0.2) is 13.1 Å². The SMILES string of the molecule is CC(C)c1ccc(S(=O)(=O)NC2CC2N)cc1. The van der Waals surface area contributed by atoms with Gasteiger partial charge in [-0.1, -0.05) is 26.0 Å². The Morgan fingerprint density at radius 2 is 1.82 bits per heavy atom. The summed E-state index contributed by atoms with van der Waals surface area (Å²) in [6.45, 7) is 4.15. The van der Waals surface area contributed by atoms with Gasteiger partial charge >= 0.3 is 0 Å². The fraction of sp³-hybridized carbons (Fsp3) is 0.500. The number of hydrogen-bond donors (Lipinski definition) is 2. The third-order valence-electron chi connectivity index (χ3n) is 3.00. The van der Waals surface area contributed by atoms with E-state index in [4.69, 9.17) is 5.73 Å². The molecule has 1 aliphatic carbocycles. The van der Waals surface area contributed by atoms with Crippen molar-refractivity contribution >= 4 is 10.0 Å². The second-order valence-corrected chi connectivity index (χ2v) is 6.57. The van der Waals surface area contributed by atoms with E-state index in [-0.39, 0.29) is 12.1 Å². The molecule has 2 atom stereocenters. The van der Waals surface area contributed by atoms with Crippen molar-refractivity contribution in [2.24, 2.45) is 5.73 Å². The van der Waals surface area contributed by atoms with Crippen LogP contribution in [0.1, 0.15) is 31.7 Å². The van der Waals surface area contributed by atoms with Crippen LogP contribution in [0.3, 0.4) is 0 Å². The van der Waals surface area contributed by atoms with Gasteiger partial charge in [0.05, 0.1) is 4.90 Å². The molecule has 4 nitrogen and oxygen atoms in total. The minimum absolute atomic E-state index is 0.0280. The van der Waals surface area contributed by atoms with Crippen molar-refractivity contribution in [2.45, 2.75) is 43.2 Å². The van der Waals surface area contributed by atoms with Gasteiger partial charge in [-0.3, -0.25) is 0 Å². The van der Waals surface area contributed by atoms with Crippen LogP contribution in [0.5, 0.6) is 0 Å². The quantitative estimate of drug-likeness (QED) is 0.847. The summed E-state index contributed by atoms with van der Waals surface area (Å²) in [5.41, 5.74) is 6.72. The van der Waals surface area contributed by atoms with Crippen LogP contribution in [0.25, 0.3) is 0 Å². The standard InChI is InChI=1S/C12H18N2O2S/c1-8(2)9-3-5-10(6-4-9)17(15,16)14-12-7-11(12)13/h3-6,8,11-12,14H,7,13H2,1-2H3. The Hall–Kier alpha value is -0.910. The first-order valence-corrected chi connectivity index (χ1v) is 7.26. The van der Waals surface area contributed by atoms with Crippen LogP contribution in [-0.2, 0) is 10.0 Å². The van der Waals surface area contributed by atoms with Gasteiger partial charge in [0.25, 0.3) is 0 Å². The monoisotopic (exact) mass is 254 g/mol. The number of benzene rings is 1. The van der Waals surface area contributed by atoms with Crippen LogP contribution in [0.4, 0.5) is 0 Å². The largest absolute Gasteiger partial charge is 0.326 e. The zero-order chi connectivity index (χ0) is 12.6. The van der Waals surface area contributed by atoms with Gasteiger partial charge in [0.15, 0.2) is 0 Å². The first-order valence-electron chi connectivity index (χ1n) is 5.78. The van der Waals surface area contributed by atoms with Gasteiger partial charge in [-0.05, 0) is 30.0 Å². The van der Waals surface area contributed by atoms with Gasteiger partial charge in [0.1, 0.15) is 0 Å². The lowest BCUT2D eigenvalue weighted by Crippen LogP contribution is -2.29. The molecular weight excluding hydrogens is 236 g/mol. The molecule has 2 rings (SSSR count). The zero-order valence-corrected chi connectivity index (χ0v) is 10.9. The summed E-state index contributed by atoms with van der Waals surface area (Å²) in [5.74, 6) is 0.400. The van der Waals surface area contributed by atoms with Crippen molar-refractivity contribution in [3.05, 3.63) is 29.8 Å². The first kappa shape index (κ1) is 12.5. The topological polar surface area (TPSA) is 72.2 Å². The smallest absolute Gasteiger partial charge is 0.240 e. The maximum absolute atomic E-state index is 11.9. The Kier molecular flexibility index (Phi) is 3.25. The van der Waals surface area contributed by atoms with E-state index in [0.29, 0.717) is 10.8 Å². The summed E-state index contributed by atoms with van der Waals surface area (Å²) < 4.78 is 26.5. The molecule has 5 heteroatoms. The van der Waals surface area contributed by atoms with Crippen LogP contribution in [0.15, 0.2) is 29.2 Å². The van der Waals surface area contributed by atoms with E-state index in [2.05, 4.69) is 18.6 Å². The lowest BCUT2D eigenvalue weighted by molar-refractivity contribution is 0.579. The second kappa shape index (κ2) is 4.40. The Morgan fingerprint density at radius 3 is 2.24 bits per heavy atom. The molecule has 3 N–H and O–H groups in total. The summed E-state index contributed by atoms with van der Waals surface area (Å²) in [5, 5.41) is 0. The Balaban J connectivity index is 2.16. The predicted octanol–water partition coefficient (Wildman–Crippen LogP) is 1.19. The van der Waals surface area contributed by atoms with Gasteiger partial charge in [-0.15, -0.1) is 0 Å². The number of nitrogens with one attached hydrogen (secondary N) is 1. The minimum atomic E-state index is -3.40. The Bertz CT molecular complexity index is 494. The molecule has 0 aliphatic heterocycles. The van der Waals surface area contributed by atoms with E-state index < -0.39 is 10.0 Å². The number of sulfonamides is 1. The van der Waals surface area contributed by atoms with Crippen LogP contribution in [0, 0.1) is 0 Å². The normalized spacial score (nSPS) is 24.0. The molecule has 94 valence electrons. The molecule has 1 saturated carbocycles. The van der Waals surface area contributed by atoms with E-state index in [1.807, 2.05) is 12.1 Å². The third-order valence-corrected chi connectivity index (χ3v) is 4.51. The Labute approximate surface area is 102 Å². The minimum Gasteiger partial charge on any atom is -0.326 e. The summed E-state index contributed by atoms with van der Waals surface area (Å²) in [6.07, 6.45) is 0.726. The molecule has 0 saturated heterocycles. The highest BCUT2D eigenvalue weighted by atomic mass is 32.2. The van der Waals surface area contributed by atoms with Crippen LogP contribution in [-0.4, -0.2) is 20.5 Å². The van der Waals surface area contributed by atoms with Crippen LogP contribution < -0.4 is 10.5 Å². The van der Waals surface area contributed by atoms with Crippen molar-refractivity contribution in [1.82, 2.24) is 4.72 Å². The van der Waals surface area contributed by atoms with E-state index >= 15 is 0 Å². The van der Waals surface area contributed by atoms with E-state index in [9.17, 15) is 8.42 Å². The number of nitrogens with two attached hydrogens (primary N) is 1. The zero-order valence-electron chi connectivity index (χ0n) is 10.1. The lowest BCUT2D eigenvalue weighted by Gasteiger charge is -2.08. The molecule has 0 bridgehead atoms. The molecule has 0 amide bonds. The van der Waals surface area contributed by atoms with E-state index in [1.54, 1.807) is 12.1 Å². The van der Waals surface area contributed by atoms with Gasteiger partial charge < -0.3 is 5.73 Å². The summed E-state index contributed by atoms with van der Waals surface area (Å²) in [4.78, 5) is 0.306. The van der Waals surface area contributed by atoms with Crippen LogP contribution in [0.2, 0.25) is 0 Å². The first-order chi connectivity index (χ1) is 7.90. The third kappa shape index (κ3) is 2.86. The highest BCUT2D eigenvalue weighted by molar-refractivity contribution is 7.89. The fourth-order valence-electron chi connectivity index (χ4n) is 1.65. The molecule has 17 heavy (non-hydrogen) atoms. The molecule has 1 aromatic rings. The molecule has 1 fully saturated rings. The summed E-state index contributed by atoms with van der Waals surface area (Å²) in [7, 11) is -3.40. The summed E-state index contributed by atoms with van der Waals surface area (Å²) >= 11 is 0. The van der Waals surface area contributed by atoms with E-state index in [0.717, 1.165) is 12.0 Å². The lowest BCUT2D eigenvalue weighted by atomic mass is 10.0. The molecule has 2 unspecified atom stereocenters. The van der Waals surface area contributed by atoms with Crippen molar-refractivity contribution in [2.75, 3.05) is 0 Å².